The van der Waals surface area contributed by atoms with E-state index in [1.807, 2.05) is 0 Å². The lowest BCUT2D eigenvalue weighted by Crippen LogP contribution is -2.16. The summed E-state index contributed by atoms with van der Waals surface area (Å²) in [5.74, 6) is -0.589. The number of halogens is 1. The van der Waals surface area contributed by atoms with Crippen molar-refractivity contribution in [1.29, 1.82) is 0 Å². The highest BCUT2D eigenvalue weighted by atomic mass is 19.1. The molecule has 0 saturated heterocycles. The number of hydrogen-bond acceptors (Lipinski definition) is 3. The maximum atomic E-state index is 13.1. The summed E-state index contributed by atoms with van der Waals surface area (Å²) in [5.41, 5.74) is 2.47. The second-order valence-corrected chi connectivity index (χ2v) is 4.76. The van der Waals surface area contributed by atoms with Gasteiger partial charge in [0.05, 0.1) is 11.3 Å². The number of rotatable bonds is 5. The largest absolute Gasteiger partial charge is 0.384 e. The van der Waals surface area contributed by atoms with Gasteiger partial charge in [0, 0.05) is 24.6 Å². The van der Waals surface area contributed by atoms with Crippen molar-refractivity contribution in [2.75, 3.05) is 17.2 Å². The van der Waals surface area contributed by atoms with Crippen molar-refractivity contribution < 1.29 is 9.18 Å². The molecule has 0 aliphatic heterocycles. The summed E-state index contributed by atoms with van der Waals surface area (Å²) in [6, 6.07) is 6.03. The van der Waals surface area contributed by atoms with Crippen LogP contribution in [-0.2, 0) is 0 Å². The SMILES string of the molecule is CCCNc1ccncc1C(=O)Nc1ccc(F)cc1C. The number of amides is 1. The van der Waals surface area contributed by atoms with Crippen LogP contribution >= 0.6 is 0 Å². The van der Waals surface area contributed by atoms with Crippen LogP contribution in [0.2, 0.25) is 0 Å². The van der Waals surface area contributed by atoms with E-state index in [0.717, 1.165) is 18.7 Å². The normalized spacial score (nSPS) is 10.2. The Morgan fingerprint density at radius 1 is 1.29 bits per heavy atom. The number of nitrogens with zero attached hydrogens (tertiary/aromatic N) is 1. The van der Waals surface area contributed by atoms with Crippen molar-refractivity contribution in [2.24, 2.45) is 0 Å². The minimum absolute atomic E-state index is 0.267. The lowest BCUT2D eigenvalue weighted by Gasteiger charge is -2.12. The Hall–Kier alpha value is -2.43. The van der Waals surface area contributed by atoms with Gasteiger partial charge in [-0.2, -0.15) is 0 Å². The first-order chi connectivity index (χ1) is 10.1. The molecule has 5 heteroatoms. The van der Waals surface area contributed by atoms with E-state index in [-0.39, 0.29) is 11.7 Å². The molecule has 0 atom stereocenters. The Morgan fingerprint density at radius 3 is 2.81 bits per heavy atom. The molecule has 0 aliphatic rings. The van der Waals surface area contributed by atoms with Crippen LogP contribution < -0.4 is 10.6 Å². The van der Waals surface area contributed by atoms with Crippen molar-refractivity contribution in [3.8, 4) is 0 Å². The molecule has 0 spiro atoms. The molecule has 0 unspecified atom stereocenters. The minimum atomic E-state index is -0.322. The van der Waals surface area contributed by atoms with Gasteiger partial charge >= 0.3 is 0 Å². The number of aryl methyl sites for hydroxylation is 1. The molecule has 2 N–H and O–H groups in total. The van der Waals surface area contributed by atoms with Crippen LogP contribution in [0.5, 0.6) is 0 Å². The Bertz CT molecular complexity index is 643. The van der Waals surface area contributed by atoms with Gasteiger partial charge in [0.25, 0.3) is 5.91 Å². The smallest absolute Gasteiger partial charge is 0.259 e. The molecule has 1 heterocycles. The highest BCUT2D eigenvalue weighted by molar-refractivity contribution is 6.08. The molecule has 21 heavy (non-hydrogen) atoms. The van der Waals surface area contributed by atoms with Crippen LogP contribution in [0, 0.1) is 12.7 Å². The van der Waals surface area contributed by atoms with Gasteiger partial charge in [0.2, 0.25) is 0 Å². The highest BCUT2D eigenvalue weighted by Gasteiger charge is 2.12. The van der Waals surface area contributed by atoms with Crippen molar-refractivity contribution >= 4 is 17.3 Å². The molecule has 2 aromatic rings. The van der Waals surface area contributed by atoms with Crippen molar-refractivity contribution in [1.82, 2.24) is 4.98 Å². The summed E-state index contributed by atoms with van der Waals surface area (Å²) in [6.45, 7) is 4.58. The van der Waals surface area contributed by atoms with Crippen molar-refractivity contribution in [3.63, 3.8) is 0 Å². The van der Waals surface area contributed by atoms with E-state index in [4.69, 9.17) is 0 Å². The molecule has 0 radical (unpaired) electrons. The van der Waals surface area contributed by atoms with Gasteiger partial charge in [-0.1, -0.05) is 6.92 Å². The number of aromatic nitrogens is 1. The van der Waals surface area contributed by atoms with Crippen LogP contribution in [0.3, 0.4) is 0 Å². The minimum Gasteiger partial charge on any atom is -0.384 e. The van der Waals surface area contributed by atoms with Gasteiger partial charge < -0.3 is 10.6 Å². The number of benzene rings is 1. The average Bonchev–Trinajstić information content (AvgIpc) is 2.48. The Labute approximate surface area is 123 Å². The summed E-state index contributed by atoms with van der Waals surface area (Å²) in [4.78, 5) is 16.3. The summed E-state index contributed by atoms with van der Waals surface area (Å²) in [7, 11) is 0. The summed E-state index contributed by atoms with van der Waals surface area (Å²) in [6.07, 6.45) is 4.12. The number of anilines is 2. The fourth-order valence-electron chi connectivity index (χ4n) is 1.95. The molecule has 0 saturated carbocycles. The quantitative estimate of drug-likeness (QED) is 0.883. The zero-order valence-electron chi connectivity index (χ0n) is 12.1. The summed E-state index contributed by atoms with van der Waals surface area (Å²) in [5, 5.41) is 5.98. The molecular formula is C16H18FN3O. The standard InChI is InChI=1S/C16H18FN3O/c1-3-7-19-15-6-8-18-10-13(15)16(21)20-14-5-4-12(17)9-11(14)2/h4-6,8-10H,3,7H2,1-2H3,(H,18,19)(H,20,21). The van der Waals surface area contributed by atoms with E-state index in [2.05, 4.69) is 22.5 Å². The van der Waals surface area contributed by atoms with Gasteiger partial charge in [0.15, 0.2) is 0 Å². The van der Waals surface area contributed by atoms with E-state index in [1.54, 1.807) is 25.3 Å². The molecule has 0 aliphatic carbocycles. The van der Waals surface area contributed by atoms with Crippen molar-refractivity contribution in [3.05, 3.63) is 53.6 Å². The van der Waals surface area contributed by atoms with E-state index in [0.29, 0.717) is 16.8 Å². The van der Waals surface area contributed by atoms with Crippen LogP contribution in [-0.4, -0.2) is 17.4 Å². The molecule has 1 amide bonds. The molecular weight excluding hydrogens is 269 g/mol. The van der Waals surface area contributed by atoms with Crippen LogP contribution in [0.4, 0.5) is 15.8 Å². The number of hydrogen-bond donors (Lipinski definition) is 2. The number of nitrogens with one attached hydrogen (secondary N) is 2. The Balaban J connectivity index is 2.20. The molecule has 2 rings (SSSR count). The maximum absolute atomic E-state index is 13.1. The van der Waals surface area contributed by atoms with Crippen LogP contribution in [0.15, 0.2) is 36.7 Å². The fraction of sp³-hybridized carbons (Fsp3) is 0.250. The zero-order valence-corrected chi connectivity index (χ0v) is 12.1. The van der Waals surface area contributed by atoms with Crippen molar-refractivity contribution in [2.45, 2.75) is 20.3 Å². The second kappa shape index (κ2) is 6.83. The first-order valence-corrected chi connectivity index (χ1v) is 6.87. The van der Waals surface area contributed by atoms with Gasteiger partial charge in [-0.05, 0) is 43.2 Å². The molecule has 1 aromatic heterocycles. The number of carbonyl (C=O) groups excluding carboxylic acids is 1. The van der Waals surface area contributed by atoms with Crippen LogP contribution in [0.25, 0.3) is 0 Å². The number of carbonyl (C=O) groups is 1. The van der Waals surface area contributed by atoms with E-state index >= 15 is 0 Å². The van der Waals surface area contributed by atoms with E-state index in [9.17, 15) is 9.18 Å². The van der Waals surface area contributed by atoms with E-state index < -0.39 is 0 Å². The molecule has 0 fully saturated rings. The third-order valence-corrected chi connectivity index (χ3v) is 3.07. The summed E-state index contributed by atoms with van der Waals surface area (Å²) < 4.78 is 13.1. The monoisotopic (exact) mass is 287 g/mol. The third-order valence-electron chi connectivity index (χ3n) is 3.07. The maximum Gasteiger partial charge on any atom is 0.259 e. The van der Waals surface area contributed by atoms with Gasteiger partial charge in [-0.15, -0.1) is 0 Å². The first kappa shape index (κ1) is 15.0. The average molecular weight is 287 g/mol. The lowest BCUT2D eigenvalue weighted by molar-refractivity contribution is 0.102. The zero-order chi connectivity index (χ0) is 15.2. The molecule has 110 valence electrons. The Morgan fingerprint density at radius 2 is 2.10 bits per heavy atom. The second-order valence-electron chi connectivity index (χ2n) is 4.76. The number of pyridine rings is 1. The fourth-order valence-corrected chi connectivity index (χ4v) is 1.95. The molecule has 0 bridgehead atoms. The molecule has 4 nitrogen and oxygen atoms in total. The lowest BCUT2D eigenvalue weighted by atomic mass is 10.1. The van der Waals surface area contributed by atoms with E-state index in [1.165, 1.54) is 18.3 Å². The van der Waals surface area contributed by atoms with Gasteiger partial charge in [-0.25, -0.2) is 4.39 Å². The predicted molar refractivity (Wildman–Crippen MR) is 82.1 cm³/mol. The van der Waals surface area contributed by atoms with Gasteiger partial charge in [-0.3, -0.25) is 9.78 Å². The highest BCUT2D eigenvalue weighted by Crippen LogP contribution is 2.19. The predicted octanol–water partition coefficient (Wildman–Crippen LogP) is 3.60. The van der Waals surface area contributed by atoms with Crippen LogP contribution in [0.1, 0.15) is 29.3 Å². The summed E-state index contributed by atoms with van der Waals surface area (Å²) >= 11 is 0. The van der Waals surface area contributed by atoms with Gasteiger partial charge in [0.1, 0.15) is 5.82 Å². The first-order valence-electron chi connectivity index (χ1n) is 6.87. The Kier molecular flexibility index (Phi) is 4.87. The topological polar surface area (TPSA) is 54.0 Å². The third kappa shape index (κ3) is 3.78. The molecule has 1 aromatic carbocycles.